The first-order valence-corrected chi connectivity index (χ1v) is 6.07. The van der Waals surface area contributed by atoms with Crippen molar-refractivity contribution in [3.8, 4) is 0 Å². The maximum Gasteiger partial charge on any atom is 0.0711 e. The lowest BCUT2D eigenvalue weighted by atomic mass is 10.1. The lowest BCUT2D eigenvalue weighted by Crippen LogP contribution is -1.79. The minimum Gasteiger partial charge on any atom is -0.128 e. The highest BCUT2D eigenvalue weighted by Crippen LogP contribution is 2.34. The second-order valence-electron chi connectivity index (χ2n) is 2.88. The molecular formula is C10H8BrClS. The molecule has 0 aliphatic rings. The second kappa shape index (κ2) is 3.60. The summed E-state index contributed by atoms with van der Waals surface area (Å²) in [4.78, 5) is 0. The predicted molar refractivity (Wildman–Crippen MR) is 63.9 cm³/mol. The number of rotatable bonds is 1. The van der Waals surface area contributed by atoms with Crippen molar-refractivity contribution in [3.63, 3.8) is 0 Å². The standard InChI is InChI=1S/C10H8BrClS/c1-2-6-3-7(12)4-9-8(6)5-10(11)13-9/h3-5H,2H2,1H3. The number of benzene rings is 1. The Labute approximate surface area is 94.7 Å². The first kappa shape index (κ1) is 9.50. The van der Waals surface area contributed by atoms with Gasteiger partial charge in [0.25, 0.3) is 0 Å². The highest BCUT2D eigenvalue weighted by Gasteiger charge is 2.05. The number of thiophene rings is 1. The van der Waals surface area contributed by atoms with Crippen LogP contribution < -0.4 is 0 Å². The molecule has 0 spiro atoms. The molecule has 68 valence electrons. The minimum atomic E-state index is 0.832. The van der Waals surface area contributed by atoms with E-state index in [4.69, 9.17) is 11.6 Å². The van der Waals surface area contributed by atoms with Gasteiger partial charge in [-0.2, -0.15) is 0 Å². The van der Waals surface area contributed by atoms with Gasteiger partial charge in [0, 0.05) is 9.72 Å². The van der Waals surface area contributed by atoms with Gasteiger partial charge in [0.15, 0.2) is 0 Å². The Morgan fingerprint density at radius 1 is 1.38 bits per heavy atom. The molecule has 0 bridgehead atoms. The number of fused-ring (bicyclic) bond motifs is 1. The largest absolute Gasteiger partial charge is 0.128 e. The maximum atomic E-state index is 6.00. The zero-order valence-corrected chi connectivity index (χ0v) is 10.3. The normalized spacial score (nSPS) is 11.0. The molecule has 2 aromatic rings. The molecule has 0 aliphatic heterocycles. The molecule has 0 saturated heterocycles. The summed E-state index contributed by atoms with van der Waals surface area (Å²) in [6, 6.07) is 6.23. The monoisotopic (exact) mass is 274 g/mol. The molecule has 0 atom stereocenters. The molecule has 0 aliphatic carbocycles. The summed E-state index contributed by atoms with van der Waals surface area (Å²) in [5.74, 6) is 0. The Morgan fingerprint density at radius 3 is 2.85 bits per heavy atom. The third-order valence-electron chi connectivity index (χ3n) is 2.04. The van der Waals surface area contributed by atoms with Crippen LogP contribution in [0.15, 0.2) is 22.0 Å². The van der Waals surface area contributed by atoms with Gasteiger partial charge in [-0.1, -0.05) is 18.5 Å². The van der Waals surface area contributed by atoms with Crippen LogP contribution in [0.4, 0.5) is 0 Å². The first-order chi connectivity index (χ1) is 6.20. The third kappa shape index (κ3) is 1.76. The van der Waals surface area contributed by atoms with Crippen LogP contribution in [0.5, 0.6) is 0 Å². The van der Waals surface area contributed by atoms with Crippen LogP contribution in [0.2, 0.25) is 5.02 Å². The Bertz CT molecular complexity index is 447. The van der Waals surface area contributed by atoms with Gasteiger partial charge in [-0.15, -0.1) is 11.3 Å². The topological polar surface area (TPSA) is 0 Å². The molecule has 3 heteroatoms. The van der Waals surface area contributed by atoms with Gasteiger partial charge in [-0.25, -0.2) is 0 Å². The highest BCUT2D eigenvalue weighted by atomic mass is 79.9. The lowest BCUT2D eigenvalue weighted by Gasteiger charge is -1.99. The van der Waals surface area contributed by atoms with Crippen LogP contribution in [0.3, 0.4) is 0 Å². The van der Waals surface area contributed by atoms with Crippen LogP contribution in [-0.4, -0.2) is 0 Å². The van der Waals surface area contributed by atoms with E-state index in [0.717, 1.165) is 11.4 Å². The van der Waals surface area contributed by atoms with E-state index in [-0.39, 0.29) is 0 Å². The molecule has 0 unspecified atom stereocenters. The zero-order valence-electron chi connectivity index (χ0n) is 7.10. The van der Waals surface area contributed by atoms with Gasteiger partial charge in [0.2, 0.25) is 0 Å². The highest BCUT2D eigenvalue weighted by molar-refractivity contribution is 9.11. The van der Waals surface area contributed by atoms with Gasteiger partial charge in [0.1, 0.15) is 0 Å². The second-order valence-corrected chi connectivity index (χ2v) is 5.78. The smallest absolute Gasteiger partial charge is 0.0711 e. The van der Waals surface area contributed by atoms with Crippen molar-refractivity contribution in [2.75, 3.05) is 0 Å². The maximum absolute atomic E-state index is 6.00. The summed E-state index contributed by atoms with van der Waals surface area (Å²) < 4.78 is 2.43. The number of hydrogen-bond donors (Lipinski definition) is 0. The lowest BCUT2D eigenvalue weighted by molar-refractivity contribution is 1.16. The summed E-state index contributed by atoms with van der Waals surface area (Å²) in [5.41, 5.74) is 1.32. The SMILES string of the molecule is CCc1cc(Cl)cc2sc(Br)cc12. The van der Waals surface area contributed by atoms with E-state index < -0.39 is 0 Å². The van der Waals surface area contributed by atoms with Crippen LogP contribution >= 0.6 is 38.9 Å². The molecule has 0 radical (unpaired) electrons. The molecule has 0 fully saturated rings. The number of halogens is 2. The van der Waals surface area contributed by atoms with E-state index in [1.165, 1.54) is 19.4 Å². The van der Waals surface area contributed by atoms with Crippen molar-refractivity contribution in [3.05, 3.63) is 32.6 Å². The quantitative estimate of drug-likeness (QED) is 0.696. The average molecular weight is 276 g/mol. The van der Waals surface area contributed by atoms with Gasteiger partial charge in [-0.3, -0.25) is 0 Å². The number of aryl methyl sites for hydroxylation is 1. The fraction of sp³-hybridized carbons (Fsp3) is 0.200. The van der Waals surface area contributed by atoms with Gasteiger partial charge >= 0.3 is 0 Å². The average Bonchev–Trinajstić information content (AvgIpc) is 2.43. The molecule has 0 amide bonds. The number of hydrogen-bond acceptors (Lipinski definition) is 1. The molecule has 13 heavy (non-hydrogen) atoms. The fourth-order valence-corrected chi connectivity index (χ4v) is 3.37. The summed E-state index contributed by atoms with van der Waals surface area (Å²) in [6.07, 6.45) is 1.03. The van der Waals surface area contributed by atoms with Crippen LogP contribution in [0.1, 0.15) is 12.5 Å². The zero-order chi connectivity index (χ0) is 9.42. The van der Waals surface area contributed by atoms with Crippen molar-refractivity contribution in [2.24, 2.45) is 0 Å². The Hall–Kier alpha value is -0.0500. The predicted octanol–water partition coefficient (Wildman–Crippen LogP) is 4.88. The van der Waals surface area contributed by atoms with Gasteiger partial charge < -0.3 is 0 Å². The van der Waals surface area contributed by atoms with Gasteiger partial charge in [-0.05, 0) is 51.5 Å². The van der Waals surface area contributed by atoms with E-state index in [0.29, 0.717) is 0 Å². The van der Waals surface area contributed by atoms with Crippen LogP contribution in [0, 0.1) is 0 Å². The van der Waals surface area contributed by atoms with Crippen molar-refractivity contribution < 1.29 is 0 Å². The molecule has 1 heterocycles. The van der Waals surface area contributed by atoms with E-state index in [2.05, 4.69) is 28.9 Å². The van der Waals surface area contributed by atoms with Crippen molar-refractivity contribution in [2.45, 2.75) is 13.3 Å². The molecule has 1 aromatic heterocycles. The Morgan fingerprint density at radius 2 is 2.15 bits per heavy atom. The minimum absolute atomic E-state index is 0.832. The molecule has 0 N–H and O–H groups in total. The third-order valence-corrected chi connectivity index (χ3v) is 3.84. The fourth-order valence-electron chi connectivity index (χ4n) is 1.44. The van der Waals surface area contributed by atoms with E-state index in [1.807, 2.05) is 12.1 Å². The summed E-state index contributed by atoms with van der Waals surface area (Å²) >= 11 is 11.2. The van der Waals surface area contributed by atoms with Gasteiger partial charge in [0.05, 0.1) is 3.79 Å². The molecule has 2 rings (SSSR count). The van der Waals surface area contributed by atoms with Crippen molar-refractivity contribution in [1.82, 2.24) is 0 Å². The molecule has 1 aromatic carbocycles. The van der Waals surface area contributed by atoms with Crippen molar-refractivity contribution >= 4 is 49.0 Å². The Kier molecular flexibility index (Phi) is 2.63. The summed E-state index contributed by atoms with van der Waals surface area (Å²) in [7, 11) is 0. The Balaban J connectivity index is 2.80. The van der Waals surface area contributed by atoms with E-state index in [9.17, 15) is 0 Å². The molecule has 0 saturated carbocycles. The van der Waals surface area contributed by atoms with Crippen LogP contribution in [0.25, 0.3) is 10.1 Å². The van der Waals surface area contributed by atoms with E-state index >= 15 is 0 Å². The summed E-state index contributed by atoms with van der Waals surface area (Å²) in [5, 5.41) is 2.16. The molecule has 0 nitrogen and oxygen atoms in total. The van der Waals surface area contributed by atoms with Crippen molar-refractivity contribution in [1.29, 1.82) is 0 Å². The van der Waals surface area contributed by atoms with E-state index in [1.54, 1.807) is 11.3 Å². The molecular weight excluding hydrogens is 268 g/mol. The first-order valence-electron chi connectivity index (χ1n) is 4.08. The van der Waals surface area contributed by atoms with Crippen LogP contribution in [-0.2, 0) is 6.42 Å². The summed E-state index contributed by atoms with van der Waals surface area (Å²) in [6.45, 7) is 2.15.